The van der Waals surface area contributed by atoms with Crippen molar-refractivity contribution in [2.45, 2.75) is 13.3 Å². The molecule has 3 heterocycles. The molecule has 0 spiro atoms. The average molecular weight is 658 g/mol. The van der Waals surface area contributed by atoms with Gasteiger partial charge in [0.2, 0.25) is 0 Å². The number of rotatable bonds is 4. The van der Waals surface area contributed by atoms with Crippen molar-refractivity contribution >= 4 is 11.1 Å². The largest absolute Gasteiger partial charge is 0.573 e. The van der Waals surface area contributed by atoms with E-state index >= 15 is 8.78 Å². The summed E-state index contributed by atoms with van der Waals surface area (Å²) < 4.78 is 102. The highest BCUT2D eigenvalue weighted by Crippen LogP contribution is 2.32. The fraction of sp³-hybridized carbons (Fsp3) is 0.0667. The van der Waals surface area contributed by atoms with E-state index in [4.69, 9.17) is 5.26 Å². The van der Waals surface area contributed by atoms with Crippen LogP contribution in [0.3, 0.4) is 0 Å². The molecule has 4 aromatic rings. The molecule has 0 saturated carbocycles. The Hall–Kier alpha value is -6.87. The Kier molecular flexibility index (Phi) is 7.45. The number of alkyl halides is 3. The zero-order chi connectivity index (χ0) is 34.5. The van der Waals surface area contributed by atoms with Crippen LogP contribution in [0.25, 0.3) is 22.5 Å². The third kappa shape index (κ3) is 5.45. The van der Waals surface area contributed by atoms with Crippen molar-refractivity contribution in [3.8, 4) is 35.3 Å². The summed E-state index contributed by atoms with van der Waals surface area (Å²) >= 11 is 0. The van der Waals surface area contributed by atoms with Crippen molar-refractivity contribution in [3.05, 3.63) is 116 Å². The van der Waals surface area contributed by atoms with E-state index < -0.39 is 80.9 Å². The molecule has 18 heteroatoms. The lowest BCUT2D eigenvalue weighted by Crippen LogP contribution is -2.23. The Balaban J connectivity index is 1.63. The summed E-state index contributed by atoms with van der Waals surface area (Å²) in [6.07, 6.45) is -5.03. The molecule has 0 saturated heterocycles. The van der Waals surface area contributed by atoms with Crippen LogP contribution in [0.15, 0.2) is 68.0 Å². The predicted octanol–water partition coefficient (Wildman–Crippen LogP) is 3.46. The normalized spacial score (nSPS) is 14.9. The van der Waals surface area contributed by atoms with Gasteiger partial charge in [0.25, 0.3) is 0 Å². The topological polar surface area (TPSA) is 169 Å². The number of allylic oxidation sites excluding steroid dienone is 2. The quantitative estimate of drug-likeness (QED) is 0.184. The molecule has 0 atom stereocenters. The fourth-order valence-corrected chi connectivity index (χ4v) is 4.47. The van der Waals surface area contributed by atoms with Crippen molar-refractivity contribution in [2.75, 3.05) is 0 Å². The van der Waals surface area contributed by atoms with E-state index in [1.807, 2.05) is 0 Å². The summed E-state index contributed by atoms with van der Waals surface area (Å²) in [5.41, 5.74) is -3.49. The number of hydrogen-bond acceptors (Lipinski definition) is 11. The van der Waals surface area contributed by atoms with Gasteiger partial charge in [-0.25, -0.2) is 52.5 Å². The van der Waals surface area contributed by atoms with Crippen LogP contribution in [0, 0.1) is 64.2 Å². The van der Waals surface area contributed by atoms with Crippen LogP contribution < -0.4 is 26.2 Å². The van der Waals surface area contributed by atoms with Gasteiger partial charge in [0, 0.05) is 6.07 Å². The Labute approximate surface area is 261 Å². The molecule has 0 radical (unpaired) electrons. The molecule has 1 aromatic heterocycles. The zero-order valence-electron chi connectivity index (χ0n) is 23.5. The number of nitriles is 3. The van der Waals surface area contributed by atoms with Gasteiger partial charge in [-0.15, -0.1) is 13.2 Å². The molecule has 6 rings (SSSR count). The number of aromatic nitrogens is 3. The molecule has 0 fully saturated rings. The van der Waals surface area contributed by atoms with Crippen LogP contribution in [-0.2, 0) is 0 Å². The number of fused-ring (bicyclic) bond motifs is 2. The molecule has 11 nitrogen and oxygen atoms in total. The third-order valence-corrected chi connectivity index (χ3v) is 6.57. The van der Waals surface area contributed by atoms with Gasteiger partial charge in [-0.05, 0) is 36.8 Å². The van der Waals surface area contributed by atoms with Crippen LogP contribution in [-0.4, -0.2) is 21.3 Å². The van der Waals surface area contributed by atoms with Gasteiger partial charge in [0.05, 0.1) is 27.0 Å². The molecular weight excluding hydrogens is 649 g/mol. The molecular formula is C30H9F7N10O. The van der Waals surface area contributed by atoms with E-state index in [9.17, 15) is 32.5 Å². The highest BCUT2D eigenvalue weighted by molar-refractivity contribution is 5.80. The second-order valence-corrected chi connectivity index (χ2v) is 9.68. The minimum absolute atomic E-state index is 0.0217. The molecule has 0 bridgehead atoms. The number of halogens is 7. The molecule has 0 amide bonds. The van der Waals surface area contributed by atoms with Crippen LogP contribution >= 0.6 is 0 Å². The SMILES string of the molecule is Cc1ccc2c(c1)=N/C(=C(/C#N)c1nc(/C(C#N)=C3/N=c4ccc(OC(F)(F)F)cc4=N3)nc(-c3c(F)c(F)c(C#N)c(F)c3F)n1)N=2. The van der Waals surface area contributed by atoms with Crippen molar-refractivity contribution in [1.29, 1.82) is 15.8 Å². The van der Waals surface area contributed by atoms with Gasteiger partial charge < -0.3 is 4.74 Å². The molecule has 0 N–H and O–H groups in total. The van der Waals surface area contributed by atoms with E-state index in [2.05, 4.69) is 39.7 Å². The molecule has 234 valence electrons. The lowest BCUT2D eigenvalue weighted by Gasteiger charge is -2.10. The van der Waals surface area contributed by atoms with Crippen molar-refractivity contribution in [3.63, 3.8) is 0 Å². The number of benzene rings is 3. The number of nitrogens with zero attached hydrogens (tertiary/aromatic N) is 10. The lowest BCUT2D eigenvalue weighted by atomic mass is 10.1. The Morgan fingerprint density at radius 3 is 1.67 bits per heavy atom. The van der Waals surface area contributed by atoms with Gasteiger partial charge in [-0.2, -0.15) is 15.8 Å². The van der Waals surface area contributed by atoms with E-state index in [1.54, 1.807) is 37.3 Å². The van der Waals surface area contributed by atoms with Gasteiger partial charge in [0.1, 0.15) is 40.7 Å². The van der Waals surface area contributed by atoms with E-state index in [-0.39, 0.29) is 16.5 Å². The summed E-state index contributed by atoms with van der Waals surface area (Å²) in [5, 5.41) is 29.6. The summed E-state index contributed by atoms with van der Waals surface area (Å²) in [6.45, 7) is 1.77. The average Bonchev–Trinajstić information content (AvgIpc) is 3.64. The minimum atomic E-state index is -5.03. The molecule has 0 aliphatic carbocycles. The third-order valence-electron chi connectivity index (χ3n) is 6.57. The van der Waals surface area contributed by atoms with Gasteiger partial charge >= 0.3 is 6.36 Å². The standard InChI is InChI=1S/C30H9F7N10O/c1-11-2-4-16-18(6-11)43-25(41-16)14(9-39)27-45-28(47-29(46-27)20-23(33)21(31)13(8-38)22(32)24(20)34)15(10-40)26-42-17-5-3-12(7-19(17)44-26)48-30(35,36)37/h2-7H,1H3/b25-14-,26-15-. The summed E-state index contributed by atoms with van der Waals surface area (Å²) in [5.74, 6) is -12.4. The van der Waals surface area contributed by atoms with E-state index in [1.165, 1.54) is 0 Å². The highest BCUT2D eigenvalue weighted by Gasteiger charge is 2.32. The van der Waals surface area contributed by atoms with Crippen LogP contribution in [0.4, 0.5) is 30.7 Å². The zero-order valence-corrected chi connectivity index (χ0v) is 23.5. The second kappa shape index (κ2) is 11.5. The van der Waals surface area contributed by atoms with Crippen LogP contribution in [0.1, 0.15) is 22.8 Å². The Morgan fingerprint density at radius 2 is 1.17 bits per heavy atom. The fourth-order valence-electron chi connectivity index (χ4n) is 4.47. The van der Waals surface area contributed by atoms with Crippen LogP contribution in [0.5, 0.6) is 5.75 Å². The molecule has 0 unspecified atom stereocenters. The molecule has 48 heavy (non-hydrogen) atoms. The molecule has 2 aliphatic rings. The second-order valence-electron chi connectivity index (χ2n) is 9.68. The van der Waals surface area contributed by atoms with Gasteiger partial charge in [-0.1, -0.05) is 6.07 Å². The minimum Gasteiger partial charge on any atom is -0.406 e. The van der Waals surface area contributed by atoms with Gasteiger partial charge in [-0.3, -0.25) is 0 Å². The van der Waals surface area contributed by atoms with E-state index in [0.717, 1.165) is 29.8 Å². The maximum atomic E-state index is 15.2. The van der Waals surface area contributed by atoms with Crippen molar-refractivity contribution in [1.82, 2.24) is 15.0 Å². The first kappa shape index (κ1) is 31.1. The van der Waals surface area contributed by atoms with Crippen molar-refractivity contribution < 1.29 is 35.5 Å². The maximum Gasteiger partial charge on any atom is 0.573 e. The summed E-state index contributed by atoms with van der Waals surface area (Å²) in [6, 6.07) is 12.3. The van der Waals surface area contributed by atoms with Crippen molar-refractivity contribution in [2.24, 2.45) is 20.0 Å². The number of aryl methyl sites for hydroxylation is 1. The molecule has 2 aliphatic heterocycles. The Bertz CT molecular complexity index is 2550. The Morgan fingerprint density at radius 1 is 0.667 bits per heavy atom. The van der Waals surface area contributed by atoms with Gasteiger partial charge in [0.15, 0.2) is 52.4 Å². The molecule has 3 aromatic carbocycles. The lowest BCUT2D eigenvalue weighted by molar-refractivity contribution is -0.274. The van der Waals surface area contributed by atoms with E-state index in [0.29, 0.717) is 10.7 Å². The first-order valence-corrected chi connectivity index (χ1v) is 13.0. The maximum absolute atomic E-state index is 15.2. The predicted molar refractivity (Wildman–Crippen MR) is 144 cm³/mol. The summed E-state index contributed by atoms with van der Waals surface area (Å²) in [7, 11) is 0. The van der Waals surface area contributed by atoms with Crippen LogP contribution in [0.2, 0.25) is 0 Å². The number of hydrogen-bond donors (Lipinski definition) is 0. The monoisotopic (exact) mass is 658 g/mol. The smallest absolute Gasteiger partial charge is 0.406 e. The first-order valence-electron chi connectivity index (χ1n) is 13.0. The summed E-state index contributed by atoms with van der Waals surface area (Å²) in [4.78, 5) is 28.3. The highest BCUT2D eigenvalue weighted by atomic mass is 19.4. The number of ether oxygens (including phenoxy) is 1. The first-order chi connectivity index (χ1) is 22.8.